The first kappa shape index (κ1) is 13.1. The van der Waals surface area contributed by atoms with Crippen molar-refractivity contribution in [2.45, 2.75) is 39.3 Å². The molecule has 0 aliphatic heterocycles. The second-order valence-electron chi connectivity index (χ2n) is 4.01. The number of thiazole rings is 1. The predicted molar refractivity (Wildman–Crippen MR) is 66.1 cm³/mol. The fraction of sp³-hybridized carbons (Fsp3) is 0.636. The Bertz CT molecular complexity index is 326. The van der Waals surface area contributed by atoms with Gasteiger partial charge in [0.25, 0.3) is 0 Å². The van der Waals surface area contributed by atoms with Gasteiger partial charge in [0, 0.05) is 11.6 Å². The van der Waals surface area contributed by atoms with Crippen LogP contribution in [0.25, 0.3) is 0 Å². The lowest BCUT2D eigenvalue weighted by molar-refractivity contribution is -0.124. The minimum atomic E-state index is -0.438. The van der Waals surface area contributed by atoms with Gasteiger partial charge in [0.2, 0.25) is 5.91 Å². The quantitative estimate of drug-likeness (QED) is 0.824. The van der Waals surface area contributed by atoms with Crippen LogP contribution in [0.15, 0.2) is 11.6 Å². The van der Waals surface area contributed by atoms with E-state index in [1.54, 1.807) is 6.20 Å². The Balaban J connectivity index is 2.51. The van der Waals surface area contributed by atoms with Gasteiger partial charge in [-0.3, -0.25) is 4.79 Å². The molecule has 0 aromatic carbocycles. The molecule has 16 heavy (non-hydrogen) atoms. The Labute approximate surface area is 100 Å². The molecule has 0 saturated heterocycles. The maximum Gasteiger partial charge on any atom is 0.237 e. The lowest BCUT2D eigenvalue weighted by Crippen LogP contribution is -2.45. The van der Waals surface area contributed by atoms with Crippen LogP contribution in [0.4, 0.5) is 0 Å². The van der Waals surface area contributed by atoms with Crippen molar-refractivity contribution in [3.8, 4) is 0 Å². The van der Waals surface area contributed by atoms with E-state index in [1.807, 2.05) is 26.2 Å². The average molecular weight is 241 g/mol. The highest BCUT2D eigenvalue weighted by Crippen LogP contribution is 2.15. The summed E-state index contributed by atoms with van der Waals surface area (Å²) in [5, 5.41) is 5.68. The molecule has 0 radical (unpaired) electrons. The lowest BCUT2D eigenvalue weighted by atomic mass is 9.99. The third-order valence-corrected chi connectivity index (χ3v) is 3.70. The number of aromatic nitrogens is 1. The first-order valence-electron chi connectivity index (χ1n) is 5.51. The number of nitrogens with two attached hydrogens (primary N) is 1. The van der Waals surface area contributed by atoms with Crippen molar-refractivity contribution in [2.24, 2.45) is 11.7 Å². The van der Waals surface area contributed by atoms with Gasteiger partial charge in [-0.05, 0) is 12.8 Å². The summed E-state index contributed by atoms with van der Waals surface area (Å²) in [5.41, 5.74) is 5.84. The third-order valence-electron chi connectivity index (χ3n) is 2.74. The van der Waals surface area contributed by atoms with Crippen LogP contribution in [0, 0.1) is 5.92 Å². The van der Waals surface area contributed by atoms with Crippen LogP contribution in [-0.2, 0) is 4.79 Å². The van der Waals surface area contributed by atoms with E-state index in [9.17, 15) is 4.79 Å². The van der Waals surface area contributed by atoms with Gasteiger partial charge in [-0.25, -0.2) is 4.98 Å². The molecular formula is C11H19N3OS. The molecule has 3 atom stereocenters. The summed E-state index contributed by atoms with van der Waals surface area (Å²) >= 11 is 1.53. The molecule has 0 fully saturated rings. The molecule has 3 N–H and O–H groups in total. The summed E-state index contributed by atoms with van der Waals surface area (Å²) < 4.78 is 0. The van der Waals surface area contributed by atoms with Crippen LogP contribution in [-0.4, -0.2) is 16.9 Å². The SMILES string of the molecule is CCC(C)C(N)C(=O)NC(C)c1nccs1. The lowest BCUT2D eigenvalue weighted by Gasteiger charge is -2.20. The molecule has 1 amide bonds. The van der Waals surface area contributed by atoms with Gasteiger partial charge in [0.15, 0.2) is 0 Å². The fourth-order valence-electron chi connectivity index (χ4n) is 1.33. The maximum absolute atomic E-state index is 11.8. The molecule has 0 aliphatic rings. The van der Waals surface area contributed by atoms with Gasteiger partial charge in [0.1, 0.15) is 5.01 Å². The highest BCUT2D eigenvalue weighted by Gasteiger charge is 2.21. The summed E-state index contributed by atoms with van der Waals surface area (Å²) in [5.74, 6) is 0.0977. The predicted octanol–water partition coefficient (Wildman–Crippen LogP) is 1.69. The zero-order valence-electron chi connectivity index (χ0n) is 9.93. The average Bonchev–Trinajstić information content (AvgIpc) is 2.80. The monoisotopic (exact) mass is 241 g/mol. The minimum Gasteiger partial charge on any atom is -0.346 e. The standard InChI is InChI=1S/C11H19N3OS/c1-4-7(2)9(12)10(15)14-8(3)11-13-5-6-16-11/h5-9H,4,12H2,1-3H3,(H,14,15). The Morgan fingerprint density at radius 3 is 2.81 bits per heavy atom. The molecular weight excluding hydrogens is 222 g/mol. The topological polar surface area (TPSA) is 68.0 Å². The molecule has 0 bridgehead atoms. The van der Waals surface area contributed by atoms with Gasteiger partial charge in [-0.2, -0.15) is 0 Å². The summed E-state index contributed by atoms with van der Waals surface area (Å²) in [6.07, 6.45) is 2.64. The van der Waals surface area contributed by atoms with Gasteiger partial charge < -0.3 is 11.1 Å². The molecule has 4 nitrogen and oxygen atoms in total. The van der Waals surface area contributed by atoms with Crippen molar-refractivity contribution in [1.82, 2.24) is 10.3 Å². The normalized spacial score (nSPS) is 16.5. The summed E-state index contributed by atoms with van der Waals surface area (Å²) in [6.45, 7) is 5.93. The number of hydrogen-bond donors (Lipinski definition) is 2. The van der Waals surface area contributed by atoms with E-state index in [0.717, 1.165) is 11.4 Å². The van der Waals surface area contributed by atoms with Crippen LogP contribution >= 0.6 is 11.3 Å². The Morgan fingerprint density at radius 2 is 2.31 bits per heavy atom. The first-order chi connectivity index (χ1) is 7.56. The van der Waals surface area contributed by atoms with Crippen LogP contribution in [0.5, 0.6) is 0 Å². The molecule has 1 heterocycles. The van der Waals surface area contributed by atoms with Gasteiger partial charge in [0.05, 0.1) is 12.1 Å². The summed E-state index contributed by atoms with van der Waals surface area (Å²) in [4.78, 5) is 15.9. The van der Waals surface area contributed by atoms with Crippen molar-refractivity contribution in [3.05, 3.63) is 16.6 Å². The van der Waals surface area contributed by atoms with E-state index in [0.29, 0.717) is 0 Å². The number of nitrogens with zero attached hydrogens (tertiary/aromatic N) is 1. The molecule has 1 aromatic rings. The zero-order chi connectivity index (χ0) is 12.1. The molecule has 1 aromatic heterocycles. The van der Waals surface area contributed by atoms with Crippen molar-refractivity contribution in [1.29, 1.82) is 0 Å². The number of nitrogens with one attached hydrogen (secondary N) is 1. The van der Waals surface area contributed by atoms with E-state index >= 15 is 0 Å². The zero-order valence-corrected chi connectivity index (χ0v) is 10.8. The Hall–Kier alpha value is -0.940. The van der Waals surface area contributed by atoms with E-state index in [-0.39, 0.29) is 17.9 Å². The highest BCUT2D eigenvalue weighted by molar-refractivity contribution is 7.09. The van der Waals surface area contributed by atoms with Crippen LogP contribution < -0.4 is 11.1 Å². The number of rotatable bonds is 5. The van der Waals surface area contributed by atoms with Gasteiger partial charge in [-0.1, -0.05) is 20.3 Å². The molecule has 0 saturated carbocycles. The van der Waals surface area contributed by atoms with Crippen molar-refractivity contribution in [3.63, 3.8) is 0 Å². The molecule has 3 unspecified atom stereocenters. The maximum atomic E-state index is 11.8. The largest absolute Gasteiger partial charge is 0.346 e. The Kier molecular flexibility index (Phi) is 4.89. The first-order valence-corrected chi connectivity index (χ1v) is 6.39. The van der Waals surface area contributed by atoms with Crippen molar-refractivity contribution >= 4 is 17.2 Å². The smallest absolute Gasteiger partial charge is 0.237 e. The van der Waals surface area contributed by atoms with E-state index in [4.69, 9.17) is 5.73 Å². The molecule has 0 spiro atoms. The third kappa shape index (κ3) is 3.28. The highest BCUT2D eigenvalue weighted by atomic mass is 32.1. The van der Waals surface area contributed by atoms with E-state index in [1.165, 1.54) is 11.3 Å². The molecule has 5 heteroatoms. The molecule has 0 aliphatic carbocycles. The second-order valence-corrected chi connectivity index (χ2v) is 4.94. The van der Waals surface area contributed by atoms with E-state index < -0.39 is 6.04 Å². The molecule has 90 valence electrons. The second kappa shape index (κ2) is 5.96. The number of amides is 1. The minimum absolute atomic E-state index is 0.0670. The van der Waals surface area contributed by atoms with E-state index in [2.05, 4.69) is 10.3 Å². The summed E-state index contributed by atoms with van der Waals surface area (Å²) in [6, 6.07) is -0.505. The van der Waals surface area contributed by atoms with Crippen LogP contribution in [0.1, 0.15) is 38.2 Å². The van der Waals surface area contributed by atoms with Crippen molar-refractivity contribution in [2.75, 3.05) is 0 Å². The number of carbonyl (C=O) groups excluding carboxylic acids is 1. The Morgan fingerprint density at radius 1 is 1.62 bits per heavy atom. The fourth-order valence-corrected chi connectivity index (χ4v) is 1.98. The van der Waals surface area contributed by atoms with Crippen LogP contribution in [0.3, 0.4) is 0 Å². The summed E-state index contributed by atoms with van der Waals surface area (Å²) in [7, 11) is 0. The number of carbonyl (C=O) groups is 1. The number of hydrogen-bond acceptors (Lipinski definition) is 4. The van der Waals surface area contributed by atoms with Crippen LogP contribution in [0.2, 0.25) is 0 Å². The van der Waals surface area contributed by atoms with Gasteiger partial charge in [-0.15, -0.1) is 11.3 Å². The molecule has 1 rings (SSSR count). The van der Waals surface area contributed by atoms with Gasteiger partial charge >= 0.3 is 0 Å². The van der Waals surface area contributed by atoms with Crippen molar-refractivity contribution < 1.29 is 4.79 Å².